The minimum atomic E-state index is -3.22. The quantitative estimate of drug-likeness (QED) is 0.417. The Morgan fingerprint density at radius 1 is 1.26 bits per heavy atom. The second kappa shape index (κ2) is 10.9. The molecule has 0 bridgehead atoms. The molecule has 3 atom stereocenters. The van der Waals surface area contributed by atoms with Gasteiger partial charge in [0.05, 0.1) is 10.9 Å². The van der Waals surface area contributed by atoms with E-state index in [1.54, 1.807) is 6.26 Å². The predicted octanol–water partition coefficient (Wildman–Crippen LogP) is 4.45. The molecule has 15 heteroatoms. The summed E-state index contributed by atoms with van der Waals surface area (Å²) in [6.45, 7) is 1.41. The van der Waals surface area contributed by atoms with Crippen LogP contribution >= 0.6 is 10.5 Å². The maximum atomic E-state index is 15.4. The van der Waals surface area contributed by atoms with Crippen LogP contribution in [0.1, 0.15) is 13.3 Å². The van der Waals surface area contributed by atoms with Gasteiger partial charge in [-0.3, -0.25) is 9.62 Å². The van der Waals surface area contributed by atoms with Crippen molar-refractivity contribution in [3.05, 3.63) is 41.8 Å². The van der Waals surface area contributed by atoms with E-state index < -0.39 is 57.5 Å². The van der Waals surface area contributed by atoms with Crippen molar-refractivity contribution >= 4 is 33.4 Å². The first-order chi connectivity index (χ1) is 18.5. The smallest absolute Gasteiger partial charge is 0.326 e. The van der Waals surface area contributed by atoms with E-state index >= 15 is 8.78 Å². The van der Waals surface area contributed by atoms with Crippen LogP contribution in [0.3, 0.4) is 0 Å². The van der Waals surface area contributed by atoms with Crippen molar-refractivity contribution in [3.8, 4) is 11.1 Å². The van der Waals surface area contributed by atoms with E-state index in [0.717, 1.165) is 16.9 Å². The standard InChI is InChI=1S/C23H24F5N5O3S.CH4O/c1-4-37(3,35-2)31-16-11-33-17(23(16,27)28)6-8-32(22(33)34)20-19-13(5-7-29-21(19)36-30-20)18-14(25)9-12(24)10-15(18)26;1-2/h5,7,9-10,16-17,31H,4,6,8,11H2,1-3H3;2H,1H3/t16-,17-;/m1./s1. The number of urea groups is 1. The van der Waals surface area contributed by atoms with E-state index in [1.807, 2.05) is 6.92 Å². The van der Waals surface area contributed by atoms with Crippen LogP contribution in [-0.4, -0.2) is 83.5 Å². The Balaban J connectivity index is 0.00000172. The molecule has 214 valence electrons. The fourth-order valence-corrected chi connectivity index (χ4v) is 6.19. The number of amides is 2. The van der Waals surface area contributed by atoms with Crippen LogP contribution in [0.4, 0.5) is 32.6 Å². The Morgan fingerprint density at radius 2 is 1.92 bits per heavy atom. The minimum absolute atomic E-state index is 0.00160. The van der Waals surface area contributed by atoms with Gasteiger partial charge in [0, 0.05) is 57.0 Å². The highest BCUT2D eigenvalue weighted by atomic mass is 32.3. The Kier molecular flexibility index (Phi) is 8.08. The number of halogens is 5. The monoisotopic (exact) mass is 577 g/mol. The molecule has 0 spiro atoms. The van der Waals surface area contributed by atoms with Gasteiger partial charge in [-0.15, -0.1) is 0 Å². The third-order valence-corrected chi connectivity index (χ3v) is 9.59. The molecule has 2 aliphatic heterocycles. The summed E-state index contributed by atoms with van der Waals surface area (Å²) in [6.07, 6.45) is 2.87. The van der Waals surface area contributed by atoms with Gasteiger partial charge in [-0.1, -0.05) is 22.6 Å². The zero-order chi connectivity index (χ0) is 28.7. The number of carbonyl (C=O) groups is 1. The zero-order valence-electron chi connectivity index (χ0n) is 21.6. The topological polar surface area (TPSA) is 104 Å². The predicted molar refractivity (Wildman–Crippen MR) is 136 cm³/mol. The maximum Gasteiger partial charge on any atom is 0.326 e. The summed E-state index contributed by atoms with van der Waals surface area (Å²) in [5, 5.41) is 10.9. The van der Waals surface area contributed by atoms with Crippen molar-refractivity contribution in [1.82, 2.24) is 19.8 Å². The average molecular weight is 578 g/mol. The number of benzene rings is 1. The number of aliphatic hydroxyl groups is 1. The zero-order valence-corrected chi connectivity index (χ0v) is 22.4. The second-order valence-corrected chi connectivity index (χ2v) is 12.1. The Labute approximate surface area is 222 Å². The van der Waals surface area contributed by atoms with E-state index in [0.29, 0.717) is 17.9 Å². The van der Waals surface area contributed by atoms with Gasteiger partial charge in [0.15, 0.2) is 5.82 Å². The molecule has 2 aromatic heterocycles. The van der Waals surface area contributed by atoms with Gasteiger partial charge >= 0.3 is 6.03 Å². The number of carbonyl (C=O) groups excluding carboxylic acids is 1. The summed E-state index contributed by atoms with van der Waals surface area (Å²) in [5.74, 6) is -6.28. The molecule has 2 amide bonds. The lowest BCUT2D eigenvalue weighted by atomic mass is 10.0. The minimum Gasteiger partial charge on any atom is -0.400 e. The molecule has 1 aromatic carbocycles. The maximum absolute atomic E-state index is 15.4. The number of alkyl halides is 2. The SMILES string of the molecule is CCS(C)(N[C@@H]1CN2C(=O)N(c3noc4nccc(-c5c(F)cc(F)cc5F)c34)CC[C@@H]2C1(F)F)OC.CO. The first-order valence-electron chi connectivity index (χ1n) is 11.9. The number of nitrogens with one attached hydrogen (secondary N) is 1. The van der Waals surface area contributed by atoms with Crippen molar-refractivity contribution in [3.63, 3.8) is 0 Å². The molecule has 4 heterocycles. The molecule has 1 unspecified atom stereocenters. The summed E-state index contributed by atoms with van der Waals surface area (Å²) in [7, 11) is 0.474. The van der Waals surface area contributed by atoms with Crippen LogP contribution in [0.15, 0.2) is 28.9 Å². The molecular weight excluding hydrogens is 549 g/mol. The highest BCUT2D eigenvalue weighted by molar-refractivity contribution is 8.27. The number of hydrogen-bond donors (Lipinski definition) is 2. The summed E-state index contributed by atoms with van der Waals surface area (Å²) in [5.41, 5.74) is -0.752. The first-order valence-corrected chi connectivity index (χ1v) is 14.0. The number of fused-ring (bicyclic) bond motifs is 2. The Morgan fingerprint density at radius 3 is 2.54 bits per heavy atom. The molecule has 2 fully saturated rings. The Hall–Kier alpha value is -3.01. The molecule has 0 aliphatic carbocycles. The summed E-state index contributed by atoms with van der Waals surface area (Å²) in [6, 6.07) is -1.09. The van der Waals surface area contributed by atoms with Crippen LogP contribution in [0, 0.1) is 17.5 Å². The third-order valence-electron chi connectivity index (χ3n) is 6.97. The van der Waals surface area contributed by atoms with E-state index in [2.05, 4.69) is 14.9 Å². The normalized spacial score (nSPS) is 22.8. The summed E-state index contributed by atoms with van der Waals surface area (Å²) in [4.78, 5) is 19.7. The van der Waals surface area contributed by atoms with Crippen molar-refractivity contribution in [2.75, 3.05) is 44.2 Å². The van der Waals surface area contributed by atoms with Gasteiger partial charge in [0.2, 0.25) is 0 Å². The van der Waals surface area contributed by atoms with Crippen LogP contribution in [0.5, 0.6) is 0 Å². The van der Waals surface area contributed by atoms with Crippen LogP contribution in [-0.2, 0) is 4.18 Å². The molecule has 9 nitrogen and oxygen atoms in total. The number of hydrogen-bond acceptors (Lipinski definition) is 7. The van der Waals surface area contributed by atoms with Crippen molar-refractivity contribution in [2.24, 2.45) is 0 Å². The van der Waals surface area contributed by atoms with Crippen molar-refractivity contribution in [2.45, 2.75) is 31.4 Å². The number of anilines is 1. The van der Waals surface area contributed by atoms with E-state index in [1.165, 1.54) is 19.4 Å². The molecule has 5 rings (SSSR count). The molecule has 2 N–H and O–H groups in total. The Bertz CT molecular complexity index is 1350. The highest BCUT2D eigenvalue weighted by Gasteiger charge is 2.60. The van der Waals surface area contributed by atoms with Gasteiger partial charge in [-0.05, 0) is 18.7 Å². The van der Waals surface area contributed by atoms with Crippen LogP contribution < -0.4 is 9.62 Å². The fourth-order valence-electron chi connectivity index (χ4n) is 4.86. The van der Waals surface area contributed by atoms with Gasteiger partial charge < -0.3 is 18.7 Å². The summed E-state index contributed by atoms with van der Waals surface area (Å²) < 4.78 is 87.1. The number of aromatic nitrogens is 2. The van der Waals surface area contributed by atoms with E-state index in [4.69, 9.17) is 13.8 Å². The molecule has 3 aromatic rings. The average Bonchev–Trinajstić information content (AvgIpc) is 3.44. The lowest BCUT2D eigenvalue weighted by Gasteiger charge is -2.38. The molecule has 2 saturated heterocycles. The van der Waals surface area contributed by atoms with E-state index in [9.17, 15) is 18.0 Å². The van der Waals surface area contributed by atoms with Gasteiger partial charge in [0.1, 0.15) is 29.5 Å². The molecule has 0 saturated carbocycles. The molecule has 2 aliphatic rings. The molecular formula is C24H28F5N5O4S. The molecule has 0 radical (unpaired) electrons. The number of nitrogens with zero attached hydrogens (tertiary/aromatic N) is 4. The second-order valence-electron chi connectivity index (χ2n) is 8.99. The fraction of sp³-hybridized carbons (Fsp3) is 0.458. The van der Waals surface area contributed by atoms with E-state index in [-0.39, 0.29) is 42.0 Å². The van der Waals surface area contributed by atoms with Gasteiger partial charge in [-0.25, -0.2) is 31.7 Å². The molecule has 39 heavy (non-hydrogen) atoms. The van der Waals surface area contributed by atoms with Gasteiger partial charge in [-0.2, -0.15) is 0 Å². The summed E-state index contributed by atoms with van der Waals surface area (Å²) >= 11 is 0. The largest absolute Gasteiger partial charge is 0.400 e. The number of pyridine rings is 1. The van der Waals surface area contributed by atoms with Crippen molar-refractivity contribution in [1.29, 1.82) is 0 Å². The van der Waals surface area contributed by atoms with Crippen LogP contribution in [0.2, 0.25) is 0 Å². The van der Waals surface area contributed by atoms with Gasteiger partial charge in [0.25, 0.3) is 11.6 Å². The highest BCUT2D eigenvalue weighted by Crippen LogP contribution is 2.47. The number of aliphatic hydroxyl groups excluding tert-OH is 1. The first kappa shape index (κ1) is 29.0. The third kappa shape index (κ3) is 4.92. The van der Waals surface area contributed by atoms with Crippen LogP contribution in [0.25, 0.3) is 22.2 Å². The lowest BCUT2D eigenvalue weighted by molar-refractivity contribution is -0.0449. The van der Waals surface area contributed by atoms with Crippen molar-refractivity contribution < 1.29 is 40.6 Å². The lowest BCUT2D eigenvalue weighted by Crippen LogP contribution is -2.56. The number of rotatable bonds is 6.